The van der Waals surface area contributed by atoms with E-state index in [0.29, 0.717) is 12.3 Å². The molecule has 6 heteroatoms. The number of hydrogen-bond donors (Lipinski definition) is 1. The van der Waals surface area contributed by atoms with Crippen LogP contribution < -0.4 is 10.1 Å². The molecule has 0 atom stereocenters. The Hall–Kier alpha value is -3.80. The number of furan rings is 1. The standard InChI is InChI=1S/C28H31N3O3/c1-21-16-19-31(30-21)18-7-17-29-27(32)26-15-14-25(34-26)20-33-24-12-10-23(11-13-24)28(2,3)22-8-5-4-6-9-22/h4-6,8-16,19H,7,17-18,20H2,1-3H3,(H,29,32). The summed E-state index contributed by atoms with van der Waals surface area (Å²) in [7, 11) is 0. The second kappa shape index (κ2) is 10.4. The van der Waals surface area contributed by atoms with Crippen molar-refractivity contribution in [2.75, 3.05) is 6.54 Å². The van der Waals surface area contributed by atoms with Gasteiger partial charge in [-0.3, -0.25) is 9.48 Å². The summed E-state index contributed by atoms with van der Waals surface area (Å²) in [6.07, 6.45) is 2.73. The molecular weight excluding hydrogens is 426 g/mol. The SMILES string of the molecule is Cc1ccn(CCCNC(=O)c2ccc(COc3ccc(C(C)(C)c4ccccc4)cc3)o2)n1. The topological polar surface area (TPSA) is 69.3 Å². The molecule has 0 spiro atoms. The van der Waals surface area contributed by atoms with E-state index in [9.17, 15) is 4.79 Å². The first kappa shape index (κ1) is 23.4. The van der Waals surface area contributed by atoms with Crippen LogP contribution in [0.4, 0.5) is 0 Å². The lowest BCUT2D eigenvalue weighted by Gasteiger charge is -2.26. The molecule has 0 aliphatic heterocycles. The number of aromatic nitrogens is 2. The van der Waals surface area contributed by atoms with Crippen molar-refractivity contribution in [3.8, 4) is 5.75 Å². The number of rotatable bonds is 10. The van der Waals surface area contributed by atoms with E-state index >= 15 is 0 Å². The van der Waals surface area contributed by atoms with Crippen LogP contribution >= 0.6 is 0 Å². The predicted octanol–water partition coefficient (Wildman–Crippen LogP) is 5.51. The Morgan fingerprint density at radius 1 is 1.00 bits per heavy atom. The highest BCUT2D eigenvalue weighted by Crippen LogP contribution is 2.32. The van der Waals surface area contributed by atoms with Gasteiger partial charge in [0.05, 0.1) is 5.69 Å². The average Bonchev–Trinajstić information content (AvgIpc) is 3.50. The summed E-state index contributed by atoms with van der Waals surface area (Å²) in [6, 6.07) is 24.0. The van der Waals surface area contributed by atoms with Gasteiger partial charge in [0.2, 0.25) is 0 Å². The summed E-state index contributed by atoms with van der Waals surface area (Å²) >= 11 is 0. The van der Waals surface area contributed by atoms with E-state index < -0.39 is 0 Å². The Morgan fingerprint density at radius 2 is 1.74 bits per heavy atom. The van der Waals surface area contributed by atoms with Crippen LogP contribution in [-0.4, -0.2) is 22.2 Å². The molecule has 6 nitrogen and oxygen atoms in total. The summed E-state index contributed by atoms with van der Waals surface area (Å²) in [5.41, 5.74) is 3.37. The van der Waals surface area contributed by atoms with Crippen molar-refractivity contribution in [3.05, 3.63) is 107 Å². The largest absolute Gasteiger partial charge is 0.486 e. The predicted molar refractivity (Wildman–Crippen MR) is 132 cm³/mol. The Labute approximate surface area is 200 Å². The van der Waals surface area contributed by atoms with Crippen LogP contribution in [0.5, 0.6) is 5.75 Å². The Bertz CT molecular complexity index is 1210. The van der Waals surface area contributed by atoms with Crippen molar-refractivity contribution in [3.63, 3.8) is 0 Å². The average molecular weight is 458 g/mol. The van der Waals surface area contributed by atoms with Crippen molar-refractivity contribution < 1.29 is 13.9 Å². The number of amides is 1. The van der Waals surface area contributed by atoms with E-state index in [4.69, 9.17) is 9.15 Å². The van der Waals surface area contributed by atoms with Gasteiger partial charge in [0.15, 0.2) is 5.76 Å². The fourth-order valence-corrected chi connectivity index (χ4v) is 3.84. The first-order valence-corrected chi connectivity index (χ1v) is 11.6. The molecule has 0 unspecified atom stereocenters. The van der Waals surface area contributed by atoms with Gasteiger partial charge in [-0.05, 0) is 54.8 Å². The van der Waals surface area contributed by atoms with Crippen molar-refractivity contribution in [2.24, 2.45) is 0 Å². The Kier molecular flexibility index (Phi) is 7.16. The molecule has 1 N–H and O–H groups in total. The number of nitrogens with one attached hydrogen (secondary N) is 1. The zero-order valence-electron chi connectivity index (χ0n) is 20.0. The molecule has 0 bridgehead atoms. The lowest BCUT2D eigenvalue weighted by molar-refractivity contribution is 0.0920. The fraction of sp³-hybridized carbons (Fsp3) is 0.286. The van der Waals surface area contributed by atoms with Crippen LogP contribution in [0.25, 0.3) is 0 Å². The van der Waals surface area contributed by atoms with Crippen LogP contribution in [0.15, 0.2) is 83.4 Å². The number of aryl methyl sites for hydroxylation is 2. The number of ether oxygens (including phenoxy) is 1. The first-order valence-electron chi connectivity index (χ1n) is 11.6. The van der Waals surface area contributed by atoms with Gasteiger partial charge < -0.3 is 14.5 Å². The summed E-state index contributed by atoms with van der Waals surface area (Å²) in [4.78, 5) is 12.3. The van der Waals surface area contributed by atoms with Gasteiger partial charge in [-0.1, -0.05) is 56.3 Å². The van der Waals surface area contributed by atoms with Crippen LogP contribution in [0.2, 0.25) is 0 Å². The molecule has 0 fully saturated rings. The quantitative estimate of drug-likeness (QED) is 0.319. The summed E-state index contributed by atoms with van der Waals surface area (Å²) in [5.74, 6) is 1.42. The maximum atomic E-state index is 12.3. The molecule has 0 saturated heterocycles. The molecule has 0 saturated carbocycles. The molecule has 0 aliphatic carbocycles. The zero-order valence-corrected chi connectivity index (χ0v) is 20.0. The molecule has 4 rings (SSSR count). The number of hydrogen-bond acceptors (Lipinski definition) is 4. The van der Waals surface area contributed by atoms with E-state index in [1.54, 1.807) is 12.1 Å². The number of benzene rings is 2. The molecule has 176 valence electrons. The highest BCUT2D eigenvalue weighted by Gasteiger charge is 2.22. The van der Waals surface area contributed by atoms with Crippen LogP contribution in [0.1, 0.15) is 53.4 Å². The van der Waals surface area contributed by atoms with Crippen molar-refractivity contribution in [1.82, 2.24) is 15.1 Å². The minimum Gasteiger partial charge on any atom is -0.486 e. The van der Waals surface area contributed by atoms with Crippen molar-refractivity contribution in [2.45, 2.75) is 45.8 Å². The second-order valence-corrected chi connectivity index (χ2v) is 8.90. The summed E-state index contributed by atoms with van der Waals surface area (Å²) in [5, 5.41) is 7.22. The third-order valence-corrected chi connectivity index (χ3v) is 5.96. The number of carbonyl (C=O) groups is 1. The van der Waals surface area contributed by atoms with Gasteiger partial charge in [-0.15, -0.1) is 0 Å². The second-order valence-electron chi connectivity index (χ2n) is 8.90. The lowest BCUT2D eigenvalue weighted by Crippen LogP contribution is -2.24. The van der Waals surface area contributed by atoms with Crippen LogP contribution in [0, 0.1) is 6.92 Å². The number of carbonyl (C=O) groups excluding carboxylic acids is 1. The minimum absolute atomic E-state index is 0.0968. The van der Waals surface area contributed by atoms with Crippen molar-refractivity contribution >= 4 is 5.91 Å². The zero-order chi connectivity index (χ0) is 24.0. The highest BCUT2D eigenvalue weighted by molar-refractivity contribution is 5.91. The molecule has 4 aromatic rings. The molecule has 1 amide bonds. The smallest absolute Gasteiger partial charge is 0.286 e. The molecule has 34 heavy (non-hydrogen) atoms. The molecule has 2 aromatic heterocycles. The molecule has 2 aromatic carbocycles. The van der Waals surface area contributed by atoms with E-state index in [-0.39, 0.29) is 23.7 Å². The monoisotopic (exact) mass is 457 g/mol. The maximum absolute atomic E-state index is 12.3. The van der Waals surface area contributed by atoms with E-state index in [0.717, 1.165) is 24.4 Å². The minimum atomic E-state index is -0.226. The first-order chi connectivity index (χ1) is 16.4. The molecule has 0 aliphatic rings. The van der Waals surface area contributed by atoms with Gasteiger partial charge in [0.25, 0.3) is 5.91 Å². The van der Waals surface area contributed by atoms with Gasteiger partial charge in [0.1, 0.15) is 18.1 Å². The normalized spacial score (nSPS) is 11.4. The Balaban J connectivity index is 1.25. The fourth-order valence-electron chi connectivity index (χ4n) is 3.84. The van der Waals surface area contributed by atoms with Crippen LogP contribution in [0.3, 0.4) is 0 Å². The third kappa shape index (κ3) is 5.76. The molecule has 0 radical (unpaired) electrons. The van der Waals surface area contributed by atoms with E-state index in [1.165, 1.54) is 11.1 Å². The maximum Gasteiger partial charge on any atom is 0.286 e. The molecule has 2 heterocycles. The third-order valence-electron chi connectivity index (χ3n) is 5.96. The van der Waals surface area contributed by atoms with E-state index in [1.807, 2.05) is 42.1 Å². The summed E-state index contributed by atoms with van der Waals surface area (Å²) in [6.45, 7) is 7.95. The lowest BCUT2D eigenvalue weighted by atomic mass is 9.78. The highest BCUT2D eigenvalue weighted by atomic mass is 16.5. The van der Waals surface area contributed by atoms with E-state index in [2.05, 4.69) is 60.7 Å². The Morgan fingerprint density at radius 3 is 2.44 bits per heavy atom. The molecular formula is C28H31N3O3. The number of nitrogens with zero attached hydrogens (tertiary/aromatic N) is 2. The van der Waals surface area contributed by atoms with Gasteiger partial charge >= 0.3 is 0 Å². The van der Waals surface area contributed by atoms with Crippen LogP contribution in [-0.2, 0) is 18.6 Å². The van der Waals surface area contributed by atoms with Gasteiger partial charge in [0, 0.05) is 24.7 Å². The van der Waals surface area contributed by atoms with Crippen molar-refractivity contribution in [1.29, 1.82) is 0 Å². The summed E-state index contributed by atoms with van der Waals surface area (Å²) < 4.78 is 13.4. The van der Waals surface area contributed by atoms with Gasteiger partial charge in [-0.25, -0.2) is 0 Å². The van der Waals surface area contributed by atoms with Gasteiger partial charge in [-0.2, -0.15) is 5.10 Å².